The van der Waals surface area contributed by atoms with E-state index in [1.54, 1.807) is 40.0 Å². The molecule has 0 N–H and O–H groups in total. The van der Waals surface area contributed by atoms with Crippen LogP contribution in [0.3, 0.4) is 0 Å². The third kappa shape index (κ3) is 5.11. The minimum absolute atomic E-state index is 0.197. The van der Waals surface area contributed by atoms with Crippen LogP contribution in [0.4, 0.5) is 5.13 Å². The van der Waals surface area contributed by atoms with Gasteiger partial charge in [0.05, 0.1) is 22.7 Å². The number of hydrogen-bond donors (Lipinski definition) is 0. The molecule has 2 aromatic carbocycles. The molecule has 0 radical (unpaired) electrons. The van der Waals surface area contributed by atoms with E-state index in [1.807, 2.05) is 44.3 Å². The summed E-state index contributed by atoms with van der Waals surface area (Å²) in [5, 5.41) is 4.77. The Bertz CT molecular complexity index is 1480. The molecule has 0 bridgehead atoms. The van der Waals surface area contributed by atoms with Gasteiger partial charge in [-0.3, -0.25) is 14.4 Å². The van der Waals surface area contributed by atoms with E-state index in [0.717, 1.165) is 10.3 Å². The summed E-state index contributed by atoms with van der Waals surface area (Å²) in [5.41, 5.74) is 1.66. The Labute approximate surface area is 220 Å². The SMILES string of the molecule is CCOc1cccc2sc(N(CCn3cccn3)C(=O)C3CCCN3S(=O)(=O)c3ccc(C)cc3)nc12. The van der Waals surface area contributed by atoms with E-state index in [4.69, 9.17) is 9.72 Å². The van der Waals surface area contributed by atoms with Crippen LogP contribution in [0.15, 0.2) is 65.8 Å². The number of thiazole rings is 1. The Hall–Kier alpha value is -3.28. The first kappa shape index (κ1) is 25.4. The van der Waals surface area contributed by atoms with Crippen molar-refractivity contribution in [1.82, 2.24) is 19.1 Å². The Morgan fingerprint density at radius 3 is 2.73 bits per heavy atom. The number of carbonyl (C=O) groups is 1. The quantitative estimate of drug-likeness (QED) is 0.318. The van der Waals surface area contributed by atoms with Gasteiger partial charge < -0.3 is 4.74 Å². The minimum atomic E-state index is -3.83. The number of fused-ring (bicyclic) bond motifs is 1. The lowest BCUT2D eigenvalue weighted by molar-refractivity contribution is -0.121. The monoisotopic (exact) mass is 539 g/mol. The largest absolute Gasteiger partial charge is 0.492 e. The molecule has 0 saturated carbocycles. The minimum Gasteiger partial charge on any atom is -0.492 e. The Balaban J connectivity index is 1.49. The molecular weight excluding hydrogens is 510 g/mol. The van der Waals surface area contributed by atoms with E-state index in [0.29, 0.717) is 55.5 Å². The topological polar surface area (TPSA) is 97.6 Å². The maximum atomic E-state index is 14.1. The van der Waals surface area contributed by atoms with Gasteiger partial charge in [0.1, 0.15) is 17.3 Å². The molecule has 3 heterocycles. The molecule has 5 rings (SSSR count). The summed E-state index contributed by atoms with van der Waals surface area (Å²) in [4.78, 5) is 20.6. The van der Waals surface area contributed by atoms with Crippen LogP contribution in [-0.4, -0.2) is 59.1 Å². The van der Waals surface area contributed by atoms with E-state index in [1.165, 1.54) is 15.6 Å². The van der Waals surface area contributed by atoms with Gasteiger partial charge in [-0.25, -0.2) is 13.4 Å². The zero-order chi connectivity index (χ0) is 26.0. The van der Waals surface area contributed by atoms with Gasteiger partial charge in [-0.2, -0.15) is 9.40 Å². The number of rotatable bonds is 9. The number of benzene rings is 2. The van der Waals surface area contributed by atoms with Crippen molar-refractivity contribution in [2.45, 2.75) is 44.2 Å². The average Bonchev–Trinajstić information content (AvgIpc) is 3.65. The lowest BCUT2D eigenvalue weighted by Gasteiger charge is -2.28. The van der Waals surface area contributed by atoms with Crippen molar-refractivity contribution in [2.24, 2.45) is 0 Å². The molecule has 9 nitrogen and oxygen atoms in total. The fraction of sp³-hybridized carbons (Fsp3) is 0.346. The van der Waals surface area contributed by atoms with Crippen molar-refractivity contribution in [3.8, 4) is 5.75 Å². The predicted molar refractivity (Wildman–Crippen MR) is 143 cm³/mol. The first-order chi connectivity index (χ1) is 17.9. The molecule has 2 aromatic heterocycles. The molecule has 0 spiro atoms. The second kappa shape index (κ2) is 10.6. The van der Waals surface area contributed by atoms with Gasteiger partial charge >= 0.3 is 0 Å². The second-order valence-corrected chi connectivity index (χ2v) is 11.8. The summed E-state index contributed by atoms with van der Waals surface area (Å²) in [7, 11) is -3.83. The fourth-order valence-corrected chi connectivity index (χ4v) is 7.20. The first-order valence-electron chi connectivity index (χ1n) is 12.3. The average molecular weight is 540 g/mol. The summed E-state index contributed by atoms with van der Waals surface area (Å²) >= 11 is 1.39. The van der Waals surface area contributed by atoms with Gasteiger partial charge in [-0.05, 0) is 57.0 Å². The van der Waals surface area contributed by atoms with Crippen LogP contribution in [-0.2, 0) is 21.4 Å². The summed E-state index contributed by atoms with van der Waals surface area (Å²) in [6, 6.07) is 13.5. The summed E-state index contributed by atoms with van der Waals surface area (Å²) in [6.45, 7) is 5.37. The van der Waals surface area contributed by atoms with Crippen LogP contribution in [0.2, 0.25) is 0 Å². The van der Waals surface area contributed by atoms with Crippen molar-refractivity contribution in [2.75, 3.05) is 24.6 Å². The summed E-state index contributed by atoms with van der Waals surface area (Å²) in [6.07, 6.45) is 4.59. The zero-order valence-electron chi connectivity index (χ0n) is 20.8. The summed E-state index contributed by atoms with van der Waals surface area (Å²) < 4.78 is 36.8. The molecule has 1 unspecified atom stereocenters. The van der Waals surface area contributed by atoms with E-state index in [-0.39, 0.29) is 10.8 Å². The molecule has 0 aliphatic carbocycles. The second-order valence-electron chi connectivity index (χ2n) is 8.88. The Morgan fingerprint density at radius 2 is 2.00 bits per heavy atom. The maximum absolute atomic E-state index is 14.1. The number of ether oxygens (including phenoxy) is 1. The van der Waals surface area contributed by atoms with Gasteiger partial charge in [0.2, 0.25) is 15.9 Å². The molecule has 11 heteroatoms. The van der Waals surface area contributed by atoms with E-state index in [2.05, 4.69) is 5.10 Å². The zero-order valence-corrected chi connectivity index (χ0v) is 22.4. The summed E-state index contributed by atoms with van der Waals surface area (Å²) in [5.74, 6) is 0.378. The fourth-order valence-electron chi connectivity index (χ4n) is 4.53. The molecule has 4 aromatic rings. The Kier molecular flexibility index (Phi) is 7.27. The first-order valence-corrected chi connectivity index (χ1v) is 14.5. The van der Waals surface area contributed by atoms with Crippen molar-refractivity contribution < 1.29 is 17.9 Å². The molecule has 1 fully saturated rings. The number of aromatic nitrogens is 3. The van der Waals surface area contributed by atoms with E-state index >= 15 is 0 Å². The molecule has 1 aliphatic rings. The van der Waals surface area contributed by atoms with Crippen LogP contribution in [0, 0.1) is 6.92 Å². The van der Waals surface area contributed by atoms with Gasteiger partial charge in [0.15, 0.2) is 5.13 Å². The number of anilines is 1. The van der Waals surface area contributed by atoms with Crippen molar-refractivity contribution in [3.05, 3.63) is 66.5 Å². The number of hydrogen-bond acceptors (Lipinski definition) is 7. The molecular formula is C26H29N5O4S2. The highest BCUT2D eigenvalue weighted by atomic mass is 32.2. The standard InChI is InChI=1S/C26H29N5O4S2/c1-3-35-22-8-4-9-23-24(22)28-26(36-23)30(18-17-29-15-6-14-27-29)25(32)21-7-5-16-31(21)37(33,34)20-12-10-19(2)11-13-20/h4,6,8-15,21H,3,5,7,16-18H2,1-2H3. The molecule has 1 atom stereocenters. The van der Waals surface area contributed by atoms with Gasteiger partial charge in [0, 0.05) is 25.5 Å². The molecule has 194 valence electrons. The van der Waals surface area contributed by atoms with Gasteiger partial charge in [0.25, 0.3) is 0 Å². The third-order valence-corrected chi connectivity index (χ3v) is 9.36. The Morgan fingerprint density at radius 1 is 1.19 bits per heavy atom. The molecule has 1 amide bonds. The van der Waals surface area contributed by atoms with Crippen LogP contribution in [0.5, 0.6) is 5.75 Å². The number of sulfonamides is 1. The van der Waals surface area contributed by atoms with Crippen LogP contribution in [0.1, 0.15) is 25.3 Å². The lowest BCUT2D eigenvalue weighted by atomic mass is 10.2. The van der Waals surface area contributed by atoms with Crippen LogP contribution >= 0.6 is 11.3 Å². The molecule has 37 heavy (non-hydrogen) atoms. The number of aryl methyl sites for hydroxylation is 1. The molecule has 1 saturated heterocycles. The predicted octanol–water partition coefficient (Wildman–Crippen LogP) is 4.09. The number of amides is 1. The number of carbonyl (C=O) groups excluding carboxylic acids is 1. The lowest BCUT2D eigenvalue weighted by Crippen LogP contribution is -2.48. The highest BCUT2D eigenvalue weighted by Gasteiger charge is 2.42. The number of para-hydroxylation sites is 1. The smallest absolute Gasteiger partial charge is 0.247 e. The maximum Gasteiger partial charge on any atom is 0.247 e. The van der Waals surface area contributed by atoms with E-state index in [9.17, 15) is 13.2 Å². The van der Waals surface area contributed by atoms with Crippen LogP contribution < -0.4 is 9.64 Å². The third-order valence-electron chi connectivity index (χ3n) is 6.40. The van der Waals surface area contributed by atoms with Gasteiger partial charge in [-0.1, -0.05) is 35.1 Å². The highest BCUT2D eigenvalue weighted by molar-refractivity contribution is 7.89. The van der Waals surface area contributed by atoms with Crippen LogP contribution in [0.25, 0.3) is 10.2 Å². The molecule has 1 aliphatic heterocycles. The van der Waals surface area contributed by atoms with Gasteiger partial charge in [-0.15, -0.1) is 0 Å². The van der Waals surface area contributed by atoms with Crippen molar-refractivity contribution in [3.63, 3.8) is 0 Å². The van der Waals surface area contributed by atoms with Crippen molar-refractivity contribution >= 4 is 42.6 Å². The highest BCUT2D eigenvalue weighted by Crippen LogP contribution is 2.36. The van der Waals surface area contributed by atoms with E-state index < -0.39 is 16.1 Å². The van der Waals surface area contributed by atoms with Crippen molar-refractivity contribution in [1.29, 1.82) is 0 Å². The number of nitrogens with zero attached hydrogens (tertiary/aromatic N) is 5. The normalized spacial score (nSPS) is 16.3.